The highest BCUT2D eigenvalue weighted by Gasteiger charge is 2.25. The lowest BCUT2D eigenvalue weighted by Gasteiger charge is -2.33. The van der Waals surface area contributed by atoms with Crippen LogP contribution in [0.3, 0.4) is 0 Å². The number of rotatable bonds is 4. The molecule has 3 unspecified atom stereocenters. The molecular weight excluding hydrogens is 226 g/mol. The van der Waals surface area contributed by atoms with Gasteiger partial charge in [0.15, 0.2) is 0 Å². The van der Waals surface area contributed by atoms with E-state index in [0.717, 1.165) is 12.0 Å². The van der Waals surface area contributed by atoms with Crippen molar-refractivity contribution in [1.29, 1.82) is 0 Å². The van der Waals surface area contributed by atoms with Crippen LogP contribution in [0, 0.1) is 12.8 Å². The smallest absolute Gasteiger partial charge is 0.0388 e. The van der Waals surface area contributed by atoms with E-state index >= 15 is 0 Å². The predicted octanol–water partition coefficient (Wildman–Crippen LogP) is 4.68. The van der Waals surface area contributed by atoms with Crippen LogP contribution in [0.5, 0.6) is 0 Å². The maximum Gasteiger partial charge on any atom is 0.0388 e. The normalized spacial score (nSPS) is 27.0. The molecular formula is C15H25NS. The van der Waals surface area contributed by atoms with E-state index in [1.807, 2.05) is 11.3 Å². The lowest BCUT2D eigenvalue weighted by atomic mass is 9.82. The van der Waals surface area contributed by atoms with Gasteiger partial charge in [0.25, 0.3) is 0 Å². The third kappa shape index (κ3) is 3.32. The van der Waals surface area contributed by atoms with E-state index in [1.165, 1.54) is 41.9 Å². The van der Waals surface area contributed by atoms with Crippen LogP contribution in [0.1, 0.15) is 61.7 Å². The summed E-state index contributed by atoms with van der Waals surface area (Å²) in [5.41, 5.74) is 0. The SMILES string of the molecule is CCC1CCCCC1NC(C)c1ccc(C)s1. The van der Waals surface area contributed by atoms with Gasteiger partial charge >= 0.3 is 0 Å². The maximum atomic E-state index is 3.86. The zero-order valence-electron chi connectivity index (χ0n) is 11.3. The molecule has 1 N–H and O–H groups in total. The lowest BCUT2D eigenvalue weighted by Crippen LogP contribution is -2.39. The standard InChI is InChI=1S/C15H25NS/c1-4-13-7-5-6-8-14(13)16-12(3)15-10-9-11(2)17-15/h9-10,12-14,16H,4-8H2,1-3H3. The summed E-state index contributed by atoms with van der Waals surface area (Å²) in [5, 5.41) is 3.86. The van der Waals surface area contributed by atoms with Crippen molar-refractivity contribution in [3.05, 3.63) is 21.9 Å². The molecule has 0 radical (unpaired) electrons. The van der Waals surface area contributed by atoms with Crippen molar-refractivity contribution in [3.63, 3.8) is 0 Å². The Bertz CT molecular complexity index is 344. The van der Waals surface area contributed by atoms with Crippen LogP contribution in [0.2, 0.25) is 0 Å². The summed E-state index contributed by atoms with van der Waals surface area (Å²) >= 11 is 1.93. The number of hydrogen-bond acceptors (Lipinski definition) is 2. The third-order valence-electron chi connectivity index (χ3n) is 4.09. The molecule has 0 saturated heterocycles. The van der Waals surface area contributed by atoms with E-state index in [1.54, 1.807) is 0 Å². The van der Waals surface area contributed by atoms with Crippen LogP contribution in [0.25, 0.3) is 0 Å². The highest BCUT2D eigenvalue weighted by molar-refractivity contribution is 7.12. The molecule has 1 aromatic heterocycles. The Labute approximate surface area is 110 Å². The monoisotopic (exact) mass is 251 g/mol. The van der Waals surface area contributed by atoms with Gasteiger partial charge in [0, 0.05) is 21.8 Å². The average molecular weight is 251 g/mol. The molecule has 0 amide bonds. The molecule has 96 valence electrons. The summed E-state index contributed by atoms with van der Waals surface area (Å²) in [4.78, 5) is 2.91. The molecule has 1 fully saturated rings. The van der Waals surface area contributed by atoms with Crippen molar-refractivity contribution in [2.45, 2.75) is 65.0 Å². The topological polar surface area (TPSA) is 12.0 Å². The quantitative estimate of drug-likeness (QED) is 0.819. The largest absolute Gasteiger partial charge is 0.306 e. The van der Waals surface area contributed by atoms with Crippen molar-refractivity contribution >= 4 is 11.3 Å². The predicted molar refractivity (Wildman–Crippen MR) is 76.6 cm³/mol. The van der Waals surface area contributed by atoms with Crippen LogP contribution < -0.4 is 5.32 Å². The molecule has 1 saturated carbocycles. The van der Waals surface area contributed by atoms with Crippen LogP contribution in [0.4, 0.5) is 0 Å². The number of thiophene rings is 1. The minimum atomic E-state index is 0.519. The summed E-state index contributed by atoms with van der Waals surface area (Å²) in [6, 6.07) is 5.77. The Hall–Kier alpha value is -0.340. The van der Waals surface area contributed by atoms with Gasteiger partial charge in [-0.2, -0.15) is 0 Å². The maximum absolute atomic E-state index is 3.86. The summed E-state index contributed by atoms with van der Waals surface area (Å²) in [7, 11) is 0. The van der Waals surface area contributed by atoms with Crippen LogP contribution in [-0.2, 0) is 0 Å². The zero-order valence-corrected chi connectivity index (χ0v) is 12.1. The van der Waals surface area contributed by atoms with E-state index in [-0.39, 0.29) is 0 Å². The minimum absolute atomic E-state index is 0.519. The van der Waals surface area contributed by atoms with Crippen molar-refractivity contribution in [1.82, 2.24) is 5.32 Å². The van der Waals surface area contributed by atoms with E-state index in [9.17, 15) is 0 Å². The van der Waals surface area contributed by atoms with Crippen molar-refractivity contribution in [3.8, 4) is 0 Å². The zero-order chi connectivity index (χ0) is 12.3. The fourth-order valence-electron chi connectivity index (χ4n) is 3.01. The Kier molecular flexibility index (Phi) is 4.63. The second kappa shape index (κ2) is 6.01. The Balaban J connectivity index is 1.94. The molecule has 1 aliphatic carbocycles. The van der Waals surface area contributed by atoms with Gasteiger partial charge in [0.05, 0.1) is 0 Å². The molecule has 3 atom stereocenters. The van der Waals surface area contributed by atoms with Gasteiger partial charge < -0.3 is 5.32 Å². The molecule has 0 spiro atoms. The molecule has 17 heavy (non-hydrogen) atoms. The Morgan fingerprint density at radius 2 is 2.12 bits per heavy atom. The fraction of sp³-hybridized carbons (Fsp3) is 0.733. The second-order valence-corrected chi connectivity index (χ2v) is 6.72. The highest BCUT2D eigenvalue weighted by atomic mass is 32.1. The molecule has 0 aromatic carbocycles. The van der Waals surface area contributed by atoms with E-state index < -0.39 is 0 Å². The Morgan fingerprint density at radius 1 is 1.35 bits per heavy atom. The van der Waals surface area contributed by atoms with Crippen molar-refractivity contribution < 1.29 is 0 Å². The number of hydrogen-bond donors (Lipinski definition) is 1. The molecule has 1 heterocycles. The van der Waals surface area contributed by atoms with E-state index in [2.05, 4.69) is 38.2 Å². The van der Waals surface area contributed by atoms with E-state index in [4.69, 9.17) is 0 Å². The summed E-state index contributed by atoms with van der Waals surface area (Å²) in [6.45, 7) is 6.84. The first-order valence-electron chi connectivity index (χ1n) is 7.03. The summed E-state index contributed by atoms with van der Waals surface area (Å²) in [6.07, 6.45) is 6.96. The third-order valence-corrected chi connectivity index (χ3v) is 5.27. The van der Waals surface area contributed by atoms with Crippen LogP contribution in [-0.4, -0.2) is 6.04 Å². The fourth-order valence-corrected chi connectivity index (χ4v) is 3.89. The van der Waals surface area contributed by atoms with Gasteiger partial charge in [-0.3, -0.25) is 0 Å². The van der Waals surface area contributed by atoms with Crippen LogP contribution in [0.15, 0.2) is 12.1 Å². The van der Waals surface area contributed by atoms with Gasteiger partial charge in [-0.05, 0) is 44.7 Å². The van der Waals surface area contributed by atoms with Crippen molar-refractivity contribution in [2.24, 2.45) is 5.92 Å². The van der Waals surface area contributed by atoms with Crippen LogP contribution >= 0.6 is 11.3 Å². The lowest BCUT2D eigenvalue weighted by molar-refractivity contribution is 0.241. The molecule has 0 bridgehead atoms. The molecule has 2 rings (SSSR count). The second-order valence-electron chi connectivity index (χ2n) is 5.40. The average Bonchev–Trinajstić information content (AvgIpc) is 2.77. The Morgan fingerprint density at radius 3 is 2.76 bits per heavy atom. The van der Waals surface area contributed by atoms with Gasteiger partial charge in [0.1, 0.15) is 0 Å². The van der Waals surface area contributed by atoms with Gasteiger partial charge in [-0.25, -0.2) is 0 Å². The summed E-state index contributed by atoms with van der Waals surface area (Å²) < 4.78 is 0. The molecule has 1 aliphatic rings. The molecule has 1 aromatic rings. The minimum Gasteiger partial charge on any atom is -0.306 e. The van der Waals surface area contributed by atoms with Gasteiger partial charge in [0.2, 0.25) is 0 Å². The molecule has 1 nitrogen and oxygen atoms in total. The van der Waals surface area contributed by atoms with Crippen molar-refractivity contribution in [2.75, 3.05) is 0 Å². The molecule has 2 heteroatoms. The first kappa shape index (κ1) is 13.1. The molecule has 0 aliphatic heterocycles. The van der Waals surface area contributed by atoms with Gasteiger partial charge in [-0.15, -0.1) is 11.3 Å². The highest BCUT2D eigenvalue weighted by Crippen LogP contribution is 2.30. The first-order valence-corrected chi connectivity index (χ1v) is 7.84. The first-order chi connectivity index (χ1) is 8.20. The van der Waals surface area contributed by atoms with Gasteiger partial charge in [-0.1, -0.05) is 26.2 Å². The van der Waals surface area contributed by atoms with E-state index in [0.29, 0.717) is 6.04 Å². The summed E-state index contributed by atoms with van der Waals surface area (Å²) in [5.74, 6) is 0.896. The number of aryl methyl sites for hydroxylation is 1. The number of nitrogens with one attached hydrogen (secondary N) is 1.